The van der Waals surface area contributed by atoms with Crippen LogP contribution in [-0.2, 0) is 10.2 Å². The van der Waals surface area contributed by atoms with Crippen molar-refractivity contribution in [2.24, 2.45) is 0 Å². The summed E-state index contributed by atoms with van der Waals surface area (Å²) < 4.78 is 41.2. The van der Waals surface area contributed by atoms with Crippen LogP contribution in [0.15, 0.2) is 35.7 Å². The standard InChI is InChI=1S/C18H17F3N2O2S/c1-17(8-15(22)23(2)16(24)9-17)14-7-12(10-26-14)11-4-3-5-13(6-11)25-18(19,20)21/h3-7,10,22H,8-9H2,1-2H3/t17-/m0/s1. The molecule has 0 bridgehead atoms. The van der Waals surface area contributed by atoms with E-state index in [0.29, 0.717) is 18.4 Å². The van der Waals surface area contributed by atoms with Crippen molar-refractivity contribution in [1.82, 2.24) is 4.90 Å². The van der Waals surface area contributed by atoms with Crippen molar-refractivity contribution in [2.75, 3.05) is 7.05 Å². The Morgan fingerprint density at radius 2 is 1.96 bits per heavy atom. The lowest BCUT2D eigenvalue weighted by Gasteiger charge is -2.36. The number of ether oxygens (including phenoxy) is 1. The number of amidine groups is 1. The summed E-state index contributed by atoms with van der Waals surface area (Å²) in [4.78, 5) is 14.4. The molecule has 1 saturated heterocycles. The summed E-state index contributed by atoms with van der Waals surface area (Å²) in [6.45, 7) is 1.94. The van der Waals surface area contributed by atoms with E-state index in [2.05, 4.69) is 4.74 Å². The molecule has 1 aromatic carbocycles. The Kier molecular flexibility index (Phi) is 4.56. The predicted molar refractivity (Wildman–Crippen MR) is 93.5 cm³/mol. The van der Waals surface area contributed by atoms with Crippen LogP contribution in [0.3, 0.4) is 0 Å². The van der Waals surface area contributed by atoms with Gasteiger partial charge in [-0.05, 0) is 34.7 Å². The summed E-state index contributed by atoms with van der Waals surface area (Å²) >= 11 is 1.44. The van der Waals surface area contributed by atoms with Crippen molar-refractivity contribution in [3.05, 3.63) is 40.6 Å². The van der Waals surface area contributed by atoms with Crippen molar-refractivity contribution in [2.45, 2.75) is 31.5 Å². The second-order valence-corrected chi connectivity index (χ2v) is 7.50. The lowest BCUT2D eigenvalue weighted by atomic mass is 9.78. The van der Waals surface area contributed by atoms with E-state index in [0.717, 1.165) is 10.4 Å². The predicted octanol–water partition coefficient (Wildman–Crippen LogP) is 4.80. The van der Waals surface area contributed by atoms with Crippen molar-refractivity contribution < 1.29 is 22.7 Å². The molecule has 1 atom stereocenters. The average Bonchev–Trinajstić information content (AvgIpc) is 3.02. The molecule has 26 heavy (non-hydrogen) atoms. The second-order valence-electron chi connectivity index (χ2n) is 6.59. The number of nitrogens with zero attached hydrogens (tertiary/aromatic N) is 1. The molecule has 2 heterocycles. The lowest BCUT2D eigenvalue weighted by Crippen LogP contribution is -2.46. The molecule has 0 saturated carbocycles. The number of hydrogen-bond donors (Lipinski definition) is 1. The molecule has 0 spiro atoms. The highest BCUT2D eigenvalue weighted by molar-refractivity contribution is 7.10. The van der Waals surface area contributed by atoms with Crippen molar-refractivity contribution in [3.63, 3.8) is 0 Å². The number of likely N-dealkylation sites (tertiary alicyclic amines) is 1. The Bertz CT molecular complexity index is 842. The van der Waals surface area contributed by atoms with Gasteiger partial charge in [-0.3, -0.25) is 10.2 Å². The molecular weight excluding hydrogens is 365 g/mol. The summed E-state index contributed by atoms with van der Waals surface area (Å²) in [7, 11) is 1.59. The Labute approximate surface area is 152 Å². The van der Waals surface area contributed by atoms with Crippen LogP contribution in [-0.4, -0.2) is 30.1 Å². The van der Waals surface area contributed by atoms with E-state index in [4.69, 9.17) is 5.41 Å². The molecule has 0 radical (unpaired) electrons. The van der Waals surface area contributed by atoms with Crippen LogP contribution in [0.1, 0.15) is 24.6 Å². The van der Waals surface area contributed by atoms with Gasteiger partial charge in [0.05, 0.1) is 0 Å². The van der Waals surface area contributed by atoms with Gasteiger partial charge in [-0.15, -0.1) is 24.5 Å². The fourth-order valence-corrected chi connectivity index (χ4v) is 4.09. The fraction of sp³-hybridized carbons (Fsp3) is 0.333. The van der Waals surface area contributed by atoms with Crippen LogP contribution in [0.2, 0.25) is 0 Å². The van der Waals surface area contributed by atoms with Crippen LogP contribution in [0, 0.1) is 5.41 Å². The molecule has 8 heteroatoms. The van der Waals surface area contributed by atoms with E-state index >= 15 is 0 Å². The number of rotatable bonds is 3. The van der Waals surface area contributed by atoms with Gasteiger partial charge in [0.25, 0.3) is 0 Å². The number of halogens is 3. The topological polar surface area (TPSA) is 53.4 Å². The van der Waals surface area contributed by atoms with Gasteiger partial charge < -0.3 is 9.64 Å². The molecule has 1 aliphatic rings. The normalized spacial score (nSPS) is 21.2. The summed E-state index contributed by atoms with van der Waals surface area (Å²) in [6.07, 6.45) is -4.00. The maximum absolute atomic E-state index is 12.4. The Balaban J connectivity index is 1.88. The van der Waals surface area contributed by atoms with Gasteiger partial charge in [-0.25, -0.2) is 0 Å². The molecule has 3 rings (SSSR count). The van der Waals surface area contributed by atoms with Gasteiger partial charge >= 0.3 is 6.36 Å². The van der Waals surface area contributed by atoms with Gasteiger partial charge in [-0.1, -0.05) is 19.1 Å². The fourth-order valence-electron chi connectivity index (χ4n) is 3.00. The second kappa shape index (κ2) is 6.42. The SMILES string of the molecule is CN1C(=N)C[C@](C)(c2cc(-c3cccc(OC(F)(F)F)c3)cs2)CC1=O. The van der Waals surface area contributed by atoms with Crippen LogP contribution < -0.4 is 4.74 Å². The molecule has 1 aromatic heterocycles. The Morgan fingerprint density at radius 3 is 2.62 bits per heavy atom. The third kappa shape index (κ3) is 3.75. The van der Waals surface area contributed by atoms with E-state index in [1.807, 2.05) is 18.4 Å². The van der Waals surface area contributed by atoms with Crippen molar-refractivity contribution in [3.8, 4) is 16.9 Å². The van der Waals surface area contributed by atoms with Gasteiger partial charge in [0.2, 0.25) is 5.91 Å². The zero-order valence-corrected chi connectivity index (χ0v) is 15.0. The monoisotopic (exact) mass is 382 g/mol. The van der Waals surface area contributed by atoms with Gasteiger partial charge in [0.1, 0.15) is 11.6 Å². The van der Waals surface area contributed by atoms with Crippen molar-refractivity contribution in [1.29, 1.82) is 5.41 Å². The number of piperidine rings is 1. The maximum Gasteiger partial charge on any atom is 0.573 e. The summed E-state index contributed by atoms with van der Waals surface area (Å²) in [5.41, 5.74) is 0.882. The lowest BCUT2D eigenvalue weighted by molar-refractivity contribution is -0.274. The number of hydrogen-bond acceptors (Lipinski definition) is 4. The van der Waals surface area contributed by atoms with E-state index in [9.17, 15) is 18.0 Å². The van der Waals surface area contributed by atoms with Gasteiger partial charge in [0.15, 0.2) is 0 Å². The number of amides is 1. The number of carbonyl (C=O) groups is 1. The smallest absolute Gasteiger partial charge is 0.406 e. The van der Waals surface area contributed by atoms with Crippen LogP contribution in [0.4, 0.5) is 13.2 Å². The number of nitrogens with one attached hydrogen (secondary N) is 1. The highest BCUT2D eigenvalue weighted by atomic mass is 32.1. The summed E-state index contributed by atoms with van der Waals surface area (Å²) in [6, 6.07) is 7.68. The molecule has 1 N–H and O–H groups in total. The molecule has 2 aromatic rings. The van der Waals surface area contributed by atoms with Crippen LogP contribution >= 0.6 is 11.3 Å². The van der Waals surface area contributed by atoms with E-state index in [1.165, 1.54) is 34.4 Å². The van der Waals surface area contributed by atoms with Crippen LogP contribution in [0.5, 0.6) is 5.75 Å². The molecule has 1 amide bonds. The molecule has 0 aliphatic carbocycles. The minimum Gasteiger partial charge on any atom is -0.406 e. The number of benzene rings is 1. The maximum atomic E-state index is 12.4. The first kappa shape index (κ1) is 18.4. The van der Waals surface area contributed by atoms with Gasteiger partial charge in [-0.2, -0.15) is 0 Å². The van der Waals surface area contributed by atoms with E-state index in [1.54, 1.807) is 13.1 Å². The molecule has 0 unspecified atom stereocenters. The number of alkyl halides is 3. The van der Waals surface area contributed by atoms with Crippen LogP contribution in [0.25, 0.3) is 11.1 Å². The highest BCUT2D eigenvalue weighted by Crippen LogP contribution is 2.41. The number of thiophene rings is 1. The summed E-state index contributed by atoms with van der Waals surface area (Å²) in [5, 5.41) is 9.85. The molecule has 1 aliphatic heterocycles. The highest BCUT2D eigenvalue weighted by Gasteiger charge is 2.39. The third-order valence-corrected chi connectivity index (χ3v) is 5.71. The van der Waals surface area contributed by atoms with E-state index in [-0.39, 0.29) is 17.5 Å². The zero-order chi connectivity index (χ0) is 19.1. The largest absolute Gasteiger partial charge is 0.573 e. The van der Waals surface area contributed by atoms with E-state index < -0.39 is 11.8 Å². The molecule has 138 valence electrons. The van der Waals surface area contributed by atoms with Gasteiger partial charge in [0, 0.05) is 30.2 Å². The average molecular weight is 382 g/mol. The quantitative estimate of drug-likeness (QED) is 0.829. The summed E-state index contributed by atoms with van der Waals surface area (Å²) in [5.74, 6) is -0.122. The van der Waals surface area contributed by atoms with Crippen molar-refractivity contribution >= 4 is 23.1 Å². The zero-order valence-electron chi connectivity index (χ0n) is 14.2. The Morgan fingerprint density at radius 1 is 1.23 bits per heavy atom. The first-order valence-corrected chi connectivity index (χ1v) is 8.74. The first-order valence-electron chi connectivity index (χ1n) is 7.87. The molecule has 4 nitrogen and oxygen atoms in total. The molecular formula is C18H17F3N2O2S. The minimum absolute atomic E-state index is 0.112. The number of carbonyl (C=O) groups excluding carboxylic acids is 1. The molecule has 1 fully saturated rings. The Hall–Kier alpha value is -2.35. The first-order chi connectivity index (χ1) is 12.1. The minimum atomic E-state index is -4.74. The third-order valence-electron chi connectivity index (χ3n) is 4.47.